The molecule has 1 fully saturated rings. The van der Waals surface area contributed by atoms with Crippen molar-refractivity contribution in [3.8, 4) is 0 Å². The average Bonchev–Trinajstić information content (AvgIpc) is 2.29. The van der Waals surface area contributed by atoms with Crippen molar-refractivity contribution in [2.75, 3.05) is 31.1 Å². The van der Waals surface area contributed by atoms with E-state index in [0.717, 1.165) is 26.2 Å². The highest BCUT2D eigenvalue weighted by Gasteiger charge is 2.25. The second-order valence-electron chi connectivity index (χ2n) is 5.98. The molecule has 2 nitrogen and oxygen atoms in total. The summed E-state index contributed by atoms with van der Waals surface area (Å²) >= 11 is 0. The third-order valence-electron chi connectivity index (χ3n) is 3.63. The van der Waals surface area contributed by atoms with Crippen molar-refractivity contribution in [2.24, 2.45) is 0 Å². The number of hydrogen-bond acceptors (Lipinski definition) is 2. The van der Waals surface area contributed by atoms with E-state index in [2.05, 4.69) is 61.8 Å². The zero-order valence-electron chi connectivity index (χ0n) is 11.5. The molecular formula is C15H24N2. The van der Waals surface area contributed by atoms with Crippen molar-refractivity contribution >= 4 is 5.69 Å². The van der Waals surface area contributed by atoms with Crippen LogP contribution in [0.4, 0.5) is 5.69 Å². The van der Waals surface area contributed by atoms with Crippen LogP contribution >= 0.6 is 0 Å². The zero-order valence-corrected chi connectivity index (χ0v) is 11.5. The molecule has 2 rings (SSSR count). The maximum Gasteiger partial charge on any atom is 0.0367 e. The van der Waals surface area contributed by atoms with Crippen LogP contribution in [0, 0.1) is 6.92 Å². The molecule has 0 atom stereocenters. The fourth-order valence-electron chi connectivity index (χ4n) is 2.39. The highest BCUT2D eigenvalue weighted by Crippen LogP contribution is 2.20. The second-order valence-corrected chi connectivity index (χ2v) is 5.98. The lowest BCUT2D eigenvalue weighted by Crippen LogP contribution is -2.53. The van der Waals surface area contributed by atoms with Crippen LogP contribution in [0.25, 0.3) is 0 Å². The van der Waals surface area contributed by atoms with Gasteiger partial charge in [0.2, 0.25) is 0 Å². The monoisotopic (exact) mass is 232 g/mol. The molecule has 1 aliphatic rings. The molecule has 94 valence electrons. The van der Waals surface area contributed by atoms with Crippen molar-refractivity contribution in [3.05, 3.63) is 29.8 Å². The predicted molar refractivity (Wildman–Crippen MR) is 74.7 cm³/mol. The quantitative estimate of drug-likeness (QED) is 0.734. The van der Waals surface area contributed by atoms with E-state index in [1.165, 1.54) is 11.3 Å². The van der Waals surface area contributed by atoms with E-state index in [4.69, 9.17) is 0 Å². The topological polar surface area (TPSA) is 6.48 Å². The van der Waals surface area contributed by atoms with Gasteiger partial charge in [-0.05, 0) is 39.8 Å². The smallest absolute Gasteiger partial charge is 0.0367 e. The maximum atomic E-state index is 2.57. The molecule has 1 aliphatic heterocycles. The molecule has 0 bridgehead atoms. The molecule has 0 aromatic heterocycles. The van der Waals surface area contributed by atoms with Crippen LogP contribution in [0.1, 0.15) is 26.3 Å². The Morgan fingerprint density at radius 3 is 1.88 bits per heavy atom. The van der Waals surface area contributed by atoms with E-state index in [1.807, 2.05) is 0 Å². The van der Waals surface area contributed by atoms with E-state index in [0.29, 0.717) is 5.54 Å². The standard InChI is InChI=1S/C15H24N2/c1-13-5-7-14(8-6-13)16-9-11-17(12-10-16)15(2,3)4/h5-8H,9-12H2,1-4H3. The lowest BCUT2D eigenvalue weighted by Gasteiger charge is -2.43. The van der Waals surface area contributed by atoms with Gasteiger partial charge in [0.1, 0.15) is 0 Å². The Bertz CT molecular complexity index is 354. The van der Waals surface area contributed by atoms with E-state index in [-0.39, 0.29) is 0 Å². The van der Waals surface area contributed by atoms with Gasteiger partial charge >= 0.3 is 0 Å². The van der Waals surface area contributed by atoms with Gasteiger partial charge in [-0.2, -0.15) is 0 Å². The number of aryl methyl sites for hydroxylation is 1. The number of anilines is 1. The second kappa shape index (κ2) is 4.69. The summed E-state index contributed by atoms with van der Waals surface area (Å²) in [6, 6.07) is 8.88. The van der Waals surface area contributed by atoms with Crippen LogP contribution < -0.4 is 4.90 Å². The van der Waals surface area contributed by atoms with E-state index in [9.17, 15) is 0 Å². The molecule has 17 heavy (non-hydrogen) atoms. The first kappa shape index (κ1) is 12.4. The first-order valence-electron chi connectivity index (χ1n) is 6.53. The van der Waals surface area contributed by atoms with E-state index >= 15 is 0 Å². The molecule has 0 N–H and O–H groups in total. The Morgan fingerprint density at radius 1 is 0.882 bits per heavy atom. The zero-order chi connectivity index (χ0) is 12.5. The Hall–Kier alpha value is -1.02. The SMILES string of the molecule is Cc1ccc(N2CCN(C(C)(C)C)CC2)cc1. The van der Waals surface area contributed by atoms with Crippen LogP contribution in [0.3, 0.4) is 0 Å². The van der Waals surface area contributed by atoms with Gasteiger partial charge in [0.15, 0.2) is 0 Å². The number of hydrogen-bond donors (Lipinski definition) is 0. The molecule has 0 spiro atoms. The van der Waals surface area contributed by atoms with Crippen LogP contribution in [0.2, 0.25) is 0 Å². The number of piperazine rings is 1. The molecule has 1 saturated heterocycles. The summed E-state index contributed by atoms with van der Waals surface area (Å²) in [5.74, 6) is 0. The van der Waals surface area contributed by atoms with Crippen LogP contribution in [-0.2, 0) is 0 Å². The molecule has 0 amide bonds. The molecule has 0 radical (unpaired) electrons. The van der Waals surface area contributed by atoms with E-state index in [1.54, 1.807) is 0 Å². The van der Waals surface area contributed by atoms with Crippen LogP contribution in [0.15, 0.2) is 24.3 Å². The fourth-order valence-corrected chi connectivity index (χ4v) is 2.39. The molecule has 2 heteroatoms. The summed E-state index contributed by atoms with van der Waals surface area (Å²) < 4.78 is 0. The van der Waals surface area contributed by atoms with Gasteiger partial charge in [-0.25, -0.2) is 0 Å². The number of nitrogens with zero attached hydrogens (tertiary/aromatic N) is 2. The van der Waals surface area contributed by atoms with Crippen molar-refractivity contribution in [2.45, 2.75) is 33.2 Å². The Balaban J connectivity index is 1.97. The van der Waals surface area contributed by atoms with Crippen molar-refractivity contribution in [1.29, 1.82) is 0 Å². The van der Waals surface area contributed by atoms with Crippen LogP contribution in [-0.4, -0.2) is 36.6 Å². The lowest BCUT2D eigenvalue weighted by atomic mass is 10.0. The lowest BCUT2D eigenvalue weighted by molar-refractivity contribution is 0.128. The summed E-state index contributed by atoms with van der Waals surface area (Å²) in [4.78, 5) is 5.05. The molecule has 0 aliphatic carbocycles. The third kappa shape index (κ3) is 3.01. The van der Waals surface area contributed by atoms with Gasteiger partial charge in [-0.3, -0.25) is 4.90 Å². The highest BCUT2D eigenvalue weighted by molar-refractivity contribution is 5.47. The van der Waals surface area contributed by atoms with Crippen LogP contribution in [0.5, 0.6) is 0 Å². The minimum absolute atomic E-state index is 0.305. The third-order valence-corrected chi connectivity index (χ3v) is 3.63. The van der Waals surface area contributed by atoms with Gasteiger partial charge in [0, 0.05) is 37.4 Å². The molecule has 0 saturated carbocycles. The highest BCUT2D eigenvalue weighted by atomic mass is 15.3. The van der Waals surface area contributed by atoms with Crippen molar-refractivity contribution in [1.82, 2.24) is 4.90 Å². The first-order valence-corrected chi connectivity index (χ1v) is 6.53. The van der Waals surface area contributed by atoms with E-state index < -0.39 is 0 Å². The Morgan fingerprint density at radius 2 is 1.41 bits per heavy atom. The molecule has 1 aromatic rings. The summed E-state index contributed by atoms with van der Waals surface area (Å²) in [5, 5.41) is 0. The Labute approximate surface area is 105 Å². The minimum atomic E-state index is 0.305. The predicted octanol–water partition coefficient (Wildman–Crippen LogP) is 2.92. The van der Waals surface area contributed by atoms with Gasteiger partial charge in [0.25, 0.3) is 0 Å². The molecular weight excluding hydrogens is 208 g/mol. The summed E-state index contributed by atoms with van der Waals surface area (Å²) in [6.45, 7) is 13.6. The number of rotatable bonds is 1. The summed E-state index contributed by atoms with van der Waals surface area (Å²) in [6.07, 6.45) is 0. The normalized spacial score (nSPS) is 18.5. The van der Waals surface area contributed by atoms with Gasteiger partial charge in [-0.15, -0.1) is 0 Å². The molecule has 1 heterocycles. The Kier molecular flexibility index (Phi) is 3.43. The number of benzene rings is 1. The molecule has 0 unspecified atom stereocenters. The van der Waals surface area contributed by atoms with Gasteiger partial charge < -0.3 is 4.90 Å². The summed E-state index contributed by atoms with van der Waals surface area (Å²) in [7, 11) is 0. The average molecular weight is 232 g/mol. The fraction of sp³-hybridized carbons (Fsp3) is 0.600. The largest absolute Gasteiger partial charge is 0.369 e. The van der Waals surface area contributed by atoms with Crippen molar-refractivity contribution in [3.63, 3.8) is 0 Å². The van der Waals surface area contributed by atoms with Gasteiger partial charge in [0.05, 0.1) is 0 Å². The first-order chi connectivity index (χ1) is 7.97. The maximum absolute atomic E-state index is 2.57. The summed E-state index contributed by atoms with van der Waals surface area (Å²) in [5.41, 5.74) is 3.01. The van der Waals surface area contributed by atoms with Gasteiger partial charge in [-0.1, -0.05) is 17.7 Å². The van der Waals surface area contributed by atoms with Crippen molar-refractivity contribution < 1.29 is 0 Å². The minimum Gasteiger partial charge on any atom is -0.369 e. The molecule has 1 aromatic carbocycles.